The van der Waals surface area contributed by atoms with Crippen LogP contribution in [0.4, 0.5) is 11.5 Å². The highest BCUT2D eigenvalue weighted by Gasteiger charge is 2.15. The minimum Gasteiger partial charge on any atom is -0.396 e. The van der Waals surface area contributed by atoms with Crippen molar-refractivity contribution in [2.75, 3.05) is 17.6 Å². The zero-order valence-electron chi connectivity index (χ0n) is 10.3. The van der Waals surface area contributed by atoms with Gasteiger partial charge in [0.2, 0.25) is 0 Å². The number of rotatable bonds is 6. The van der Waals surface area contributed by atoms with Crippen molar-refractivity contribution in [3.63, 3.8) is 0 Å². The molecule has 5 heteroatoms. The molecule has 17 heavy (non-hydrogen) atoms. The van der Waals surface area contributed by atoms with E-state index in [0.29, 0.717) is 29.1 Å². The van der Waals surface area contributed by atoms with Crippen LogP contribution in [-0.4, -0.2) is 22.7 Å². The fourth-order valence-corrected chi connectivity index (χ4v) is 1.94. The number of nitrogens with two attached hydrogens (primary N) is 1. The van der Waals surface area contributed by atoms with Crippen LogP contribution in [0.2, 0.25) is 5.15 Å². The molecule has 0 aromatic carbocycles. The molecule has 1 unspecified atom stereocenters. The number of hydrogen-bond donors (Lipinski definition) is 3. The number of aromatic nitrogens is 1. The third-order valence-corrected chi connectivity index (χ3v) is 3.17. The van der Waals surface area contributed by atoms with Gasteiger partial charge in [-0.2, -0.15) is 0 Å². The van der Waals surface area contributed by atoms with Gasteiger partial charge in [-0.05, 0) is 18.1 Å². The van der Waals surface area contributed by atoms with E-state index >= 15 is 0 Å². The Morgan fingerprint density at radius 1 is 1.41 bits per heavy atom. The number of anilines is 2. The van der Waals surface area contributed by atoms with Gasteiger partial charge in [-0.1, -0.05) is 38.3 Å². The number of nitrogens with one attached hydrogen (secondary N) is 1. The van der Waals surface area contributed by atoms with Crippen molar-refractivity contribution >= 4 is 23.1 Å². The minimum atomic E-state index is -0.398. The molecule has 0 radical (unpaired) electrons. The second-order valence-electron chi connectivity index (χ2n) is 4.10. The summed E-state index contributed by atoms with van der Waals surface area (Å²) in [5.41, 5.74) is 6.28. The molecule has 0 aliphatic rings. The first-order valence-corrected chi connectivity index (χ1v) is 6.30. The average molecular weight is 258 g/mol. The third-order valence-electron chi connectivity index (χ3n) is 2.96. The summed E-state index contributed by atoms with van der Waals surface area (Å²) in [6.07, 6.45) is 1.51. The number of aliphatic hydroxyl groups is 1. The van der Waals surface area contributed by atoms with Crippen molar-refractivity contribution in [2.45, 2.75) is 32.8 Å². The predicted molar refractivity (Wildman–Crippen MR) is 72.2 cm³/mol. The first kappa shape index (κ1) is 14.1. The number of hydrogen-bond acceptors (Lipinski definition) is 4. The summed E-state index contributed by atoms with van der Waals surface area (Å²) >= 11 is 5.78. The van der Waals surface area contributed by atoms with Gasteiger partial charge in [-0.15, -0.1) is 0 Å². The van der Waals surface area contributed by atoms with E-state index in [1.54, 1.807) is 12.1 Å². The van der Waals surface area contributed by atoms with Crippen molar-refractivity contribution in [2.24, 2.45) is 5.92 Å². The molecule has 0 bridgehead atoms. The summed E-state index contributed by atoms with van der Waals surface area (Å²) in [5, 5.41) is 13.4. The molecular weight excluding hydrogens is 238 g/mol. The Labute approximate surface area is 107 Å². The molecule has 4 nitrogen and oxygen atoms in total. The monoisotopic (exact) mass is 257 g/mol. The van der Waals surface area contributed by atoms with Crippen molar-refractivity contribution in [3.05, 3.63) is 17.3 Å². The Kier molecular flexibility index (Phi) is 5.51. The number of nitrogens with zero attached hydrogens (tertiary/aromatic N) is 1. The summed E-state index contributed by atoms with van der Waals surface area (Å²) in [6.45, 7) is 4.58. The number of nitrogen functional groups attached to an aromatic ring is 1. The van der Waals surface area contributed by atoms with Crippen molar-refractivity contribution < 1.29 is 5.11 Å². The summed E-state index contributed by atoms with van der Waals surface area (Å²) in [5.74, 6) is 0.824. The smallest absolute Gasteiger partial charge is 0.151 e. The lowest BCUT2D eigenvalue weighted by Gasteiger charge is -2.21. The maximum absolute atomic E-state index is 9.97. The van der Waals surface area contributed by atoms with Gasteiger partial charge in [0.05, 0.1) is 11.8 Å². The molecule has 0 amide bonds. The second-order valence-corrected chi connectivity index (χ2v) is 4.48. The highest BCUT2D eigenvalue weighted by atomic mass is 35.5. The molecule has 0 spiro atoms. The van der Waals surface area contributed by atoms with Gasteiger partial charge in [0.15, 0.2) is 5.82 Å². The first-order valence-electron chi connectivity index (χ1n) is 5.92. The van der Waals surface area contributed by atoms with Crippen LogP contribution in [0.5, 0.6) is 0 Å². The molecule has 0 saturated heterocycles. The Morgan fingerprint density at radius 3 is 2.65 bits per heavy atom. The van der Waals surface area contributed by atoms with E-state index in [-0.39, 0.29) is 0 Å². The average Bonchev–Trinajstić information content (AvgIpc) is 2.32. The number of halogens is 1. The molecule has 0 aliphatic carbocycles. The van der Waals surface area contributed by atoms with Crippen LogP contribution in [0.25, 0.3) is 0 Å². The van der Waals surface area contributed by atoms with E-state index < -0.39 is 6.10 Å². The molecular formula is C12H20ClN3O. The molecule has 0 fully saturated rings. The minimum absolute atomic E-state index is 0.294. The first-order chi connectivity index (χ1) is 8.08. The van der Waals surface area contributed by atoms with Crippen LogP contribution in [0.15, 0.2) is 12.1 Å². The van der Waals surface area contributed by atoms with Gasteiger partial charge in [0, 0.05) is 6.54 Å². The molecule has 1 aromatic heterocycles. The molecule has 1 rings (SSSR count). The zero-order valence-corrected chi connectivity index (χ0v) is 11.0. The SMILES string of the molecule is CCC(CC)C(O)CNc1nc(Cl)ccc1N. The van der Waals surface area contributed by atoms with Crippen LogP contribution in [0.3, 0.4) is 0 Å². The Balaban J connectivity index is 2.57. The highest BCUT2D eigenvalue weighted by Crippen LogP contribution is 2.19. The number of aliphatic hydroxyl groups excluding tert-OH is 1. The van der Waals surface area contributed by atoms with E-state index in [2.05, 4.69) is 24.1 Å². The number of pyridine rings is 1. The lowest BCUT2D eigenvalue weighted by Crippen LogP contribution is -2.28. The second kappa shape index (κ2) is 6.67. The summed E-state index contributed by atoms with van der Waals surface area (Å²) < 4.78 is 0. The molecule has 1 heterocycles. The molecule has 0 aliphatic heterocycles. The van der Waals surface area contributed by atoms with Crippen LogP contribution < -0.4 is 11.1 Å². The van der Waals surface area contributed by atoms with Gasteiger partial charge >= 0.3 is 0 Å². The van der Waals surface area contributed by atoms with E-state index in [4.69, 9.17) is 17.3 Å². The van der Waals surface area contributed by atoms with Gasteiger partial charge in [0.25, 0.3) is 0 Å². The van der Waals surface area contributed by atoms with Gasteiger partial charge in [-0.25, -0.2) is 4.98 Å². The maximum Gasteiger partial charge on any atom is 0.151 e. The van der Waals surface area contributed by atoms with E-state index in [9.17, 15) is 5.11 Å². The quantitative estimate of drug-likeness (QED) is 0.685. The van der Waals surface area contributed by atoms with Crippen LogP contribution in [-0.2, 0) is 0 Å². The molecule has 1 atom stereocenters. The predicted octanol–water partition coefficient (Wildman–Crippen LogP) is 2.53. The Hall–Kier alpha value is -1.00. The maximum atomic E-state index is 9.97. The Bertz CT molecular complexity index is 356. The lowest BCUT2D eigenvalue weighted by molar-refractivity contribution is 0.114. The largest absolute Gasteiger partial charge is 0.396 e. The summed E-state index contributed by atoms with van der Waals surface area (Å²) in [4.78, 5) is 4.07. The fourth-order valence-electron chi connectivity index (χ4n) is 1.79. The van der Waals surface area contributed by atoms with Gasteiger partial charge in [0.1, 0.15) is 5.15 Å². The fraction of sp³-hybridized carbons (Fsp3) is 0.583. The van der Waals surface area contributed by atoms with E-state index in [0.717, 1.165) is 12.8 Å². The highest BCUT2D eigenvalue weighted by molar-refractivity contribution is 6.29. The van der Waals surface area contributed by atoms with E-state index in [1.165, 1.54) is 0 Å². The lowest BCUT2D eigenvalue weighted by atomic mass is 9.96. The molecule has 96 valence electrons. The third kappa shape index (κ3) is 4.06. The molecule has 0 saturated carbocycles. The van der Waals surface area contributed by atoms with Crippen molar-refractivity contribution in [1.82, 2.24) is 4.98 Å². The molecule has 4 N–H and O–H groups in total. The van der Waals surface area contributed by atoms with Crippen LogP contribution in [0.1, 0.15) is 26.7 Å². The van der Waals surface area contributed by atoms with Gasteiger partial charge in [-0.3, -0.25) is 0 Å². The van der Waals surface area contributed by atoms with Crippen molar-refractivity contribution in [1.29, 1.82) is 0 Å². The van der Waals surface area contributed by atoms with Gasteiger partial charge < -0.3 is 16.2 Å². The normalized spacial score (nSPS) is 12.8. The summed E-state index contributed by atoms with van der Waals surface area (Å²) in [6, 6.07) is 3.33. The van der Waals surface area contributed by atoms with Crippen LogP contribution >= 0.6 is 11.6 Å². The Morgan fingerprint density at radius 2 is 2.06 bits per heavy atom. The standard InChI is InChI=1S/C12H20ClN3O/c1-3-8(4-2)10(17)7-15-12-9(14)5-6-11(13)16-12/h5-6,8,10,17H,3-4,7,14H2,1-2H3,(H,15,16). The zero-order chi connectivity index (χ0) is 12.8. The van der Waals surface area contributed by atoms with Crippen LogP contribution in [0, 0.1) is 5.92 Å². The molecule has 1 aromatic rings. The van der Waals surface area contributed by atoms with E-state index in [1.807, 2.05) is 0 Å². The summed E-state index contributed by atoms with van der Waals surface area (Å²) in [7, 11) is 0. The van der Waals surface area contributed by atoms with Crippen molar-refractivity contribution in [3.8, 4) is 0 Å². The topological polar surface area (TPSA) is 71.2 Å².